The molecule has 4 amide bonds. The van der Waals surface area contributed by atoms with Crippen molar-refractivity contribution in [2.75, 3.05) is 31.1 Å². The average Bonchev–Trinajstić information content (AvgIpc) is 3.26. The number of nitrogens with one attached hydrogen (secondary N) is 1. The normalized spacial score (nSPS) is 28.3. The van der Waals surface area contributed by atoms with Gasteiger partial charge in [0.25, 0.3) is 11.8 Å². The number of hydrogen-bond acceptors (Lipinski definition) is 6. The Labute approximate surface area is 193 Å². The zero-order chi connectivity index (χ0) is 22.9. The van der Waals surface area contributed by atoms with Crippen LogP contribution in [0.25, 0.3) is 0 Å². The van der Waals surface area contributed by atoms with Gasteiger partial charge < -0.3 is 4.90 Å². The van der Waals surface area contributed by atoms with Crippen LogP contribution in [-0.2, 0) is 9.59 Å². The Morgan fingerprint density at radius 3 is 2.55 bits per heavy atom. The first-order valence-electron chi connectivity index (χ1n) is 12.1. The van der Waals surface area contributed by atoms with E-state index < -0.39 is 11.9 Å². The van der Waals surface area contributed by atoms with E-state index in [1.54, 1.807) is 13.0 Å². The van der Waals surface area contributed by atoms with E-state index in [4.69, 9.17) is 0 Å². The molecule has 8 nitrogen and oxygen atoms in total. The first kappa shape index (κ1) is 20.8. The van der Waals surface area contributed by atoms with Crippen LogP contribution in [0.3, 0.4) is 0 Å². The molecule has 5 aliphatic rings. The van der Waals surface area contributed by atoms with Crippen LogP contribution in [0.4, 0.5) is 5.69 Å². The highest BCUT2D eigenvalue weighted by Gasteiger charge is 2.57. The molecule has 3 heterocycles. The van der Waals surface area contributed by atoms with Crippen molar-refractivity contribution in [3.8, 4) is 0 Å². The number of amides is 4. The van der Waals surface area contributed by atoms with Gasteiger partial charge >= 0.3 is 0 Å². The number of carbonyl (C=O) groups is 4. The van der Waals surface area contributed by atoms with Crippen molar-refractivity contribution in [2.45, 2.75) is 51.1 Å². The lowest BCUT2D eigenvalue weighted by atomic mass is 9.60. The quantitative estimate of drug-likeness (QED) is 0.502. The minimum atomic E-state index is -0.422. The molecule has 0 radical (unpaired) electrons. The highest BCUT2D eigenvalue weighted by Crippen LogP contribution is 2.55. The van der Waals surface area contributed by atoms with Gasteiger partial charge in [-0.15, -0.1) is 0 Å². The highest BCUT2D eigenvalue weighted by molar-refractivity contribution is 6.22. The maximum atomic E-state index is 13.0. The van der Waals surface area contributed by atoms with E-state index in [2.05, 4.69) is 15.1 Å². The summed E-state index contributed by atoms with van der Waals surface area (Å²) in [7, 11) is 0. The summed E-state index contributed by atoms with van der Waals surface area (Å²) in [5, 5.41) is 2.09. The average molecular weight is 451 g/mol. The number of imide groups is 2. The molecular weight excluding hydrogens is 420 g/mol. The van der Waals surface area contributed by atoms with Gasteiger partial charge in [0.05, 0.1) is 11.1 Å². The van der Waals surface area contributed by atoms with Gasteiger partial charge in [0.15, 0.2) is 0 Å². The van der Waals surface area contributed by atoms with Crippen molar-refractivity contribution in [3.05, 3.63) is 29.3 Å². The van der Waals surface area contributed by atoms with Crippen LogP contribution in [0.1, 0.15) is 59.7 Å². The fraction of sp³-hybridized carbons (Fsp3) is 0.600. The van der Waals surface area contributed by atoms with Crippen LogP contribution >= 0.6 is 0 Å². The molecule has 8 heteroatoms. The number of hydrogen-bond donors (Lipinski definition) is 1. The summed E-state index contributed by atoms with van der Waals surface area (Å²) < 4.78 is 0. The van der Waals surface area contributed by atoms with Gasteiger partial charge in [-0.3, -0.25) is 34.3 Å². The summed E-state index contributed by atoms with van der Waals surface area (Å²) in [6.45, 7) is 6.43. The van der Waals surface area contributed by atoms with Gasteiger partial charge in [-0.1, -0.05) is 0 Å². The number of anilines is 1. The Hall–Kier alpha value is -2.74. The smallest absolute Gasteiger partial charge is 0.261 e. The predicted octanol–water partition coefficient (Wildman–Crippen LogP) is 1.64. The van der Waals surface area contributed by atoms with E-state index in [9.17, 15) is 19.2 Å². The van der Waals surface area contributed by atoms with Crippen LogP contribution in [-0.4, -0.2) is 72.2 Å². The second-order valence-electron chi connectivity index (χ2n) is 10.9. The lowest BCUT2D eigenvalue weighted by Crippen LogP contribution is -2.66. The predicted molar refractivity (Wildman–Crippen MR) is 121 cm³/mol. The van der Waals surface area contributed by atoms with Crippen molar-refractivity contribution >= 4 is 29.8 Å². The van der Waals surface area contributed by atoms with E-state index in [0.29, 0.717) is 29.4 Å². The Balaban J connectivity index is 1.07. The molecule has 3 unspecified atom stereocenters. The molecule has 1 spiro atoms. The monoisotopic (exact) mass is 450 g/mol. The molecule has 3 aliphatic heterocycles. The largest absolute Gasteiger partial charge is 0.370 e. The summed E-state index contributed by atoms with van der Waals surface area (Å²) >= 11 is 0. The second-order valence-corrected chi connectivity index (χ2v) is 10.9. The molecule has 174 valence electrons. The summed E-state index contributed by atoms with van der Waals surface area (Å²) in [4.78, 5) is 54.1. The van der Waals surface area contributed by atoms with Gasteiger partial charge in [-0.25, -0.2) is 0 Å². The Kier molecular flexibility index (Phi) is 4.66. The number of nitrogens with zero attached hydrogens (tertiary/aromatic N) is 3. The fourth-order valence-electron chi connectivity index (χ4n) is 6.59. The van der Waals surface area contributed by atoms with Crippen molar-refractivity contribution in [2.24, 2.45) is 17.3 Å². The molecule has 2 saturated carbocycles. The zero-order valence-corrected chi connectivity index (χ0v) is 19.0. The van der Waals surface area contributed by atoms with Crippen LogP contribution < -0.4 is 10.2 Å². The Morgan fingerprint density at radius 2 is 1.85 bits per heavy atom. The molecule has 1 aromatic rings. The second kappa shape index (κ2) is 7.38. The third-order valence-electron chi connectivity index (χ3n) is 8.63. The van der Waals surface area contributed by atoms with Crippen molar-refractivity contribution in [3.63, 3.8) is 0 Å². The summed E-state index contributed by atoms with van der Waals surface area (Å²) in [5.41, 5.74) is 2.31. The topological polar surface area (TPSA) is 90.0 Å². The Morgan fingerprint density at radius 1 is 1.15 bits per heavy atom. The van der Waals surface area contributed by atoms with Crippen LogP contribution in [0.2, 0.25) is 0 Å². The number of rotatable bonds is 7. The molecule has 33 heavy (non-hydrogen) atoms. The number of carbonyl (C=O) groups excluding carboxylic acids is 4. The standard InChI is InChI=1S/C25H30N4O4/c1-15(2-5-22(31)26-14-30)29-23(32)20-4-3-18(7-21(20)24(29)33)28-12-25(13-28)8-19(9-25)27-10-16-6-17(16)11-27/h3-4,7,14-17,19H,2,5-6,8-13H2,1H3,(H,26,30,31). The SMILES string of the molecule is CC(CCC(=O)NC=O)N1C(=O)c2ccc(N3CC4(CC(N5CC6CC6C5)C4)C3)cc2C1=O. The molecule has 2 aliphatic carbocycles. The van der Waals surface area contributed by atoms with E-state index in [-0.39, 0.29) is 18.2 Å². The van der Waals surface area contributed by atoms with E-state index in [1.807, 2.05) is 12.1 Å². The summed E-state index contributed by atoms with van der Waals surface area (Å²) in [6.07, 6.45) is 4.76. The van der Waals surface area contributed by atoms with Gasteiger partial charge in [-0.2, -0.15) is 0 Å². The van der Waals surface area contributed by atoms with E-state index in [0.717, 1.165) is 36.7 Å². The van der Waals surface area contributed by atoms with E-state index in [1.165, 1.54) is 37.3 Å². The summed E-state index contributed by atoms with van der Waals surface area (Å²) in [6, 6.07) is 5.92. The number of likely N-dealkylation sites (tertiary alicyclic amines) is 1. The molecule has 6 rings (SSSR count). The minimum absolute atomic E-state index is 0.0775. The van der Waals surface area contributed by atoms with Gasteiger partial charge in [0, 0.05) is 55.8 Å². The maximum absolute atomic E-state index is 13.0. The molecule has 0 aromatic heterocycles. The Bertz CT molecular complexity index is 1030. The highest BCUT2D eigenvalue weighted by atomic mass is 16.2. The third-order valence-corrected chi connectivity index (χ3v) is 8.63. The third kappa shape index (κ3) is 3.38. The lowest BCUT2D eigenvalue weighted by molar-refractivity contribution is -0.125. The van der Waals surface area contributed by atoms with Gasteiger partial charge in [-0.05, 0) is 62.6 Å². The van der Waals surface area contributed by atoms with Crippen molar-refractivity contribution in [1.82, 2.24) is 15.1 Å². The fourth-order valence-corrected chi connectivity index (χ4v) is 6.59. The van der Waals surface area contributed by atoms with Crippen LogP contribution in [0, 0.1) is 17.3 Å². The minimum Gasteiger partial charge on any atom is -0.370 e. The molecule has 3 atom stereocenters. The molecule has 1 N–H and O–H groups in total. The molecule has 4 fully saturated rings. The maximum Gasteiger partial charge on any atom is 0.261 e. The van der Waals surface area contributed by atoms with Gasteiger partial charge in [0.1, 0.15) is 0 Å². The number of piperidine rings is 1. The van der Waals surface area contributed by atoms with E-state index >= 15 is 0 Å². The zero-order valence-electron chi connectivity index (χ0n) is 19.0. The number of fused-ring (bicyclic) bond motifs is 2. The first-order chi connectivity index (χ1) is 15.9. The van der Waals surface area contributed by atoms with Crippen molar-refractivity contribution < 1.29 is 19.2 Å². The molecule has 2 saturated heterocycles. The van der Waals surface area contributed by atoms with Crippen LogP contribution in [0.15, 0.2) is 18.2 Å². The van der Waals surface area contributed by atoms with Crippen molar-refractivity contribution in [1.29, 1.82) is 0 Å². The lowest BCUT2D eigenvalue weighted by Gasteiger charge is -2.61. The first-order valence-corrected chi connectivity index (χ1v) is 12.1. The number of benzene rings is 1. The molecular formula is C25H30N4O4. The molecule has 0 bridgehead atoms. The molecule has 1 aromatic carbocycles. The van der Waals surface area contributed by atoms with Gasteiger partial charge in [0.2, 0.25) is 12.3 Å². The summed E-state index contributed by atoms with van der Waals surface area (Å²) in [5.74, 6) is 0.952. The van der Waals surface area contributed by atoms with Crippen LogP contribution in [0.5, 0.6) is 0 Å².